The molecule has 0 radical (unpaired) electrons. The van der Waals surface area contributed by atoms with E-state index in [0.717, 1.165) is 19.4 Å². The van der Waals surface area contributed by atoms with E-state index in [2.05, 4.69) is 10.6 Å². The third kappa shape index (κ3) is 4.03. The lowest BCUT2D eigenvalue weighted by molar-refractivity contribution is -0.120. The molecule has 0 unspecified atom stereocenters. The van der Waals surface area contributed by atoms with Crippen LogP contribution in [0.15, 0.2) is 23.1 Å². The average Bonchev–Trinajstić information content (AvgIpc) is 2.39. The van der Waals surface area contributed by atoms with Gasteiger partial charge in [0.15, 0.2) is 0 Å². The van der Waals surface area contributed by atoms with E-state index in [1.54, 1.807) is 19.1 Å². The Balaban J connectivity index is 2.14. The maximum Gasteiger partial charge on any atom is 0.238 e. The highest BCUT2D eigenvalue weighted by Gasteiger charge is 2.25. The van der Waals surface area contributed by atoms with Crippen LogP contribution >= 0.6 is 0 Å². The molecule has 1 aromatic carbocycles. The largest absolute Gasteiger partial charge is 0.326 e. The van der Waals surface area contributed by atoms with Crippen LogP contribution in [0.4, 0.5) is 5.69 Å². The molecule has 0 aromatic heterocycles. The van der Waals surface area contributed by atoms with E-state index in [9.17, 15) is 13.2 Å². The van der Waals surface area contributed by atoms with Gasteiger partial charge in [0, 0.05) is 17.6 Å². The first-order valence-electron chi connectivity index (χ1n) is 6.95. The van der Waals surface area contributed by atoms with Crippen molar-refractivity contribution < 1.29 is 13.2 Å². The van der Waals surface area contributed by atoms with Gasteiger partial charge >= 0.3 is 0 Å². The van der Waals surface area contributed by atoms with Crippen molar-refractivity contribution in [1.82, 2.24) is 5.32 Å². The molecule has 2 atom stereocenters. The van der Waals surface area contributed by atoms with Gasteiger partial charge < -0.3 is 10.6 Å². The van der Waals surface area contributed by atoms with Crippen molar-refractivity contribution >= 4 is 21.6 Å². The summed E-state index contributed by atoms with van der Waals surface area (Å²) in [7, 11) is -3.79. The summed E-state index contributed by atoms with van der Waals surface area (Å²) in [5.74, 6) is -0.131. The van der Waals surface area contributed by atoms with Crippen LogP contribution in [-0.4, -0.2) is 26.9 Å². The standard InChI is InChI=1S/C14H21N3O3S/c1-9-3-4-12(8-13(9)21(15,19)20)17-14(18)11-5-6-16-10(2)7-11/h3-4,8,10-11,16H,5-7H2,1-2H3,(H,17,18)(H2,15,19,20)/t10-,11-/m0/s1. The van der Waals surface area contributed by atoms with Crippen molar-refractivity contribution in [2.75, 3.05) is 11.9 Å². The van der Waals surface area contributed by atoms with Crippen LogP contribution < -0.4 is 15.8 Å². The van der Waals surface area contributed by atoms with Gasteiger partial charge in [-0.05, 0) is 50.9 Å². The zero-order chi connectivity index (χ0) is 15.6. The second-order valence-corrected chi connectivity index (χ2v) is 7.12. The zero-order valence-corrected chi connectivity index (χ0v) is 13.0. The molecule has 1 aliphatic heterocycles. The molecule has 2 rings (SSSR count). The predicted molar refractivity (Wildman–Crippen MR) is 81.4 cm³/mol. The molecule has 1 amide bonds. The van der Waals surface area contributed by atoms with Crippen LogP contribution in [0.25, 0.3) is 0 Å². The van der Waals surface area contributed by atoms with Crippen LogP contribution in [0.5, 0.6) is 0 Å². The molecule has 6 nitrogen and oxygen atoms in total. The molecule has 1 fully saturated rings. The molecular weight excluding hydrogens is 290 g/mol. The van der Waals surface area contributed by atoms with E-state index in [4.69, 9.17) is 5.14 Å². The van der Waals surface area contributed by atoms with Crippen molar-refractivity contribution in [2.24, 2.45) is 11.1 Å². The Kier molecular flexibility index (Phi) is 4.65. The first-order valence-corrected chi connectivity index (χ1v) is 8.49. The van der Waals surface area contributed by atoms with Crippen molar-refractivity contribution in [2.45, 2.75) is 37.6 Å². The van der Waals surface area contributed by atoms with E-state index in [0.29, 0.717) is 17.3 Å². The summed E-state index contributed by atoms with van der Waals surface area (Å²) < 4.78 is 23.0. The monoisotopic (exact) mass is 311 g/mol. The lowest BCUT2D eigenvalue weighted by Gasteiger charge is -2.27. The summed E-state index contributed by atoms with van der Waals surface area (Å²) >= 11 is 0. The van der Waals surface area contributed by atoms with Crippen LogP contribution in [0.1, 0.15) is 25.3 Å². The fraction of sp³-hybridized carbons (Fsp3) is 0.500. The third-order valence-electron chi connectivity index (χ3n) is 3.76. The van der Waals surface area contributed by atoms with Gasteiger partial charge in [-0.1, -0.05) is 6.07 Å². The van der Waals surface area contributed by atoms with Crippen molar-refractivity contribution in [3.05, 3.63) is 23.8 Å². The molecule has 0 bridgehead atoms. The van der Waals surface area contributed by atoms with E-state index in [1.165, 1.54) is 6.07 Å². The molecule has 1 aromatic rings. The average molecular weight is 311 g/mol. The van der Waals surface area contributed by atoms with Gasteiger partial charge in [0.1, 0.15) is 0 Å². The molecule has 0 saturated carbocycles. The number of nitrogens with one attached hydrogen (secondary N) is 2. The van der Waals surface area contributed by atoms with Gasteiger partial charge in [-0.25, -0.2) is 13.6 Å². The highest BCUT2D eigenvalue weighted by atomic mass is 32.2. The molecule has 0 spiro atoms. The minimum absolute atomic E-state index is 0.0407. The number of primary sulfonamides is 1. The second kappa shape index (κ2) is 6.13. The van der Waals surface area contributed by atoms with E-state index < -0.39 is 10.0 Å². The van der Waals surface area contributed by atoms with Crippen molar-refractivity contribution in [1.29, 1.82) is 0 Å². The molecule has 7 heteroatoms. The predicted octanol–water partition coefficient (Wildman–Crippen LogP) is 0.969. The van der Waals surface area contributed by atoms with Crippen molar-refractivity contribution in [3.8, 4) is 0 Å². The summed E-state index contributed by atoms with van der Waals surface area (Å²) in [5, 5.41) is 11.2. The first kappa shape index (κ1) is 15.9. The van der Waals surface area contributed by atoms with Gasteiger partial charge in [0.05, 0.1) is 4.90 Å². The van der Waals surface area contributed by atoms with E-state index in [-0.39, 0.29) is 16.7 Å². The molecule has 4 N–H and O–H groups in total. The number of carbonyl (C=O) groups is 1. The molecule has 0 aliphatic carbocycles. The SMILES string of the molecule is Cc1ccc(NC(=O)[C@H]2CCN[C@@H](C)C2)cc1S(N)(=O)=O. The van der Waals surface area contributed by atoms with Gasteiger partial charge in [-0.15, -0.1) is 0 Å². The fourth-order valence-electron chi connectivity index (χ4n) is 2.60. The fourth-order valence-corrected chi connectivity index (χ4v) is 3.41. The quantitative estimate of drug-likeness (QED) is 0.774. The van der Waals surface area contributed by atoms with E-state index >= 15 is 0 Å². The van der Waals surface area contributed by atoms with Crippen LogP contribution in [-0.2, 0) is 14.8 Å². The third-order valence-corrected chi connectivity index (χ3v) is 4.81. The minimum Gasteiger partial charge on any atom is -0.326 e. The molecule has 21 heavy (non-hydrogen) atoms. The maximum absolute atomic E-state index is 12.2. The number of anilines is 1. The number of hydrogen-bond donors (Lipinski definition) is 3. The highest BCUT2D eigenvalue weighted by molar-refractivity contribution is 7.89. The Morgan fingerprint density at radius 3 is 2.76 bits per heavy atom. The molecule has 1 saturated heterocycles. The maximum atomic E-state index is 12.2. The Morgan fingerprint density at radius 1 is 1.43 bits per heavy atom. The van der Waals surface area contributed by atoms with Gasteiger partial charge in [-0.2, -0.15) is 0 Å². The first-order chi connectivity index (χ1) is 9.77. The number of aryl methyl sites for hydroxylation is 1. The Labute approximate surface area is 125 Å². The highest BCUT2D eigenvalue weighted by Crippen LogP contribution is 2.22. The second-order valence-electron chi connectivity index (χ2n) is 5.59. The summed E-state index contributed by atoms with van der Waals surface area (Å²) in [4.78, 5) is 12.3. The summed E-state index contributed by atoms with van der Waals surface area (Å²) in [6.45, 7) is 4.53. The number of nitrogens with two attached hydrogens (primary N) is 1. The number of piperidine rings is 1. The van der Waals surface area contributed by atoms with Crippen molar-refractivity contribution in [3.63, 3.8) is 0 Å². The number of rotatable bonds is 3. The van der Waals surface area contributed by atoms with Gasteiger partial charge in [0.25, 0.3) is 0 Å². The smallest absolute Gasteiger partial charge is 0.238 e. The van der Waals surface area contributed by atoms with Gasteiger partial charge in [-0.3, -0.25) is 4.79 Å². The lowest BCUT2D eigenvalue weighted by Crippen LogP contribution is -2.40. The lowest BCUT2D eigenvalue weighted by atomic mass is 9.92. The number of benzene rings is 1. The summed E-state index contributed by atoms with van der Waals surface area (Å²) in [6.07, 6.45) is 1.56. The zero-order valence-electron chi connectivity index (χ0n) is 12.2. The number of carbonyl (C=O) groups excluding carboxylic acids is 1. The van der Waals surface area contributed by atoms with Gasteiger partial charge in [0.2, 0.25) is 15.9 Å². The minimum atomic E-state index is -3.79. The Morgan fingerprint density at radius 2 is 2.14 bits per heavy atom. The van der Waals surface area contributed by atoms with Crippen LogP contribution in [0.2, 0.25) is 0 Å². The Hall–Kier alpha value is -1.44. The molecule has 116 valence electrons. The van der Waals surface area contributed by atoms with Crippen LogP contribution in [0.3, 0.4) is 0 Å². The summed E-state index contributed by atoms with van der Waals surface area (Å²) in [5.41, 5.74) is 1.02. The Bertz CT molecular complexity index is 643. The molecular formula is C14H21N3O3S. The number of hydrogen-bond acceptors (Lipinski definition) is 4. The topological polar surface area (TPSA) is 101 Å². The molecule has 1 aliphatic rings. The summed E-state index contributed by atoms with van der Waals surface area (Å²) in [6, 6.07) is 5.05. The number of sulfonamides is 1. The molecule has 1 heterocycles. The van der Waals surface area contributed by atoms with E-state index in [1.807, 2.05) is 6.92 Å². The number of amides is 1. The van der Waals surface area contributed by atoms with Crippen LogP contribution in [0, 0.1) is 12.8 Å². The normalized spacial score (nSPS) is 22.8.